The quantitative estimate of drug-likeness (QED) is 0.302. The molecule has 0 amide bonds. The second-order valence-electron chi connectivity index (χ2n) is 8.39. The summed E-state index contributed by atoms with van der Waals surface area (Å²) >= 11 is 0. The van der Waals surface area contributed by atoms with Crippen LogP contribution >= 0.6 is 0 Å². The number of nitrogens with zero attached hydrogens (tertiary/aromatic N) is 2. The van der Waals surface area contributed by atoms with Crippen LogP contribution in [0.15, 0.2) is 84.9 Å². The van der Waals surface area contributed by atoms with Crippen LogP contribution < -0.4 is 4.90 Å². The van der Waals surface area contributed by atoms with Gasteiger partial charge in [0.05, 0.1) is 0 Å². The standard InChI is InChI=1S/C29H26N2/c1-3-30-26-11-7-5-9-22(26)18-23-17-20(13-15-27(23)30)21-14-16-29-25(19-21)24-10-6-8-12-28(24)31(29)4-2/h5-17,19H,3-4,18H2,1-2H3. The summed E-state index contributed by atoms with van der Waals surface area (Å²) < 4.78 is 2.41. The maximum Gasteiger partial charge on any atom is 0.0491 e. The van der Waals surface area contributed by atoms with Gasteiger partial charge in [0.15, 0.2) is 0 Å². The van der Waals surface area contributed by atoms with Crippen molar-refractivity contribution in [1.82, 2.24) is 4.57 Å². The van der Waals surface area contributed by atoms with E-state index in [1.165, 1.54) is 55.4 Å². The van der Waals surface area contributed by atoms with Crippen molar-refractivity contribution in [2.75, 3.05) is 11.4 Å². The molecule has 0 fully saturated rings. The molecular weight excluding hydrogens is 376 g/mol. The summed E-state index contributed by atoms with van der Waals surface area (Å²) in [4.78, 5) is 2.44. The van der Waals surface area contributed by atoms with Crippen LogP contribution in [-0.2, 0) is 13.0 Å². The van der Waals surface area contributed by atoms with Crippen LogP contribution in [0.3, 0.4) is 0 Å². The maximum absolute atomic E-state index is 2.44. The number of hydrogen-bond acceptors (Lipinski definition) is 1. The van der Waals surface area contributed by atoms with Crippen LogP contribution in [0.5, 0.6) is 0 Å². The Kier molecular flexibility index (Phi) is 4.14. The monoisotopic (exact) mass is 402 g/mol. The Morgan fingerprint density at radius 2 is 1.32 bits per heavy atom. The fourth-order valence-corrected chi connectivity index (χ4v) is 5.34. The maximum atomic E-state index is 2.44. The van der Waals surface area contributed by atoms with Gasteiger partial charge in [0.1, 0.15) is 0 Å². The Hall–Kier alpha value is -3.52. The van der Waals surface area contributed by atoms with E-state index in [0.717, 1.165) is 19.5 Å². The lowest BCUT2D eigenvalue weighted by Gasteiger charge is -2.32. The van der Waals surface area contributed by atoms with E-state index in [1.807, 2.05) is 0 Å². The zero-order valence-electron chi connectivity index (χ0n) is 18.1. The van der Waals surface area contributed by atoms with Crippen molar-refractivity contribution >= 4 is 33.2 Å². The predicted molar refractivity (Wildman–Crippen MR) is 132 cm³/mol. The highest BCUT2D eigenvalue weighted by molar-refractivity contribution is 6.09. The van der Waals surface area contributed by atoms with Crippen molar-refractivity contribution in [2.24, 2.45) is 0 Å². The van der Waals surface area contributed by atoms with Gasteiger partial charge >= 0.3 is 0 Å². The van der Waals surface area contributed by atoms with Gasteiger partial charge in [-0.05, 0) is 72.5 Å². The number of aryl methyl sites for hydroxylation is 1. The van der Waals surface area contributed by atoms with E-state index in [-0.39, 0.29) is 0 Å². The lowest BCUT2D eigenvalue weighted by molar-refractivity contribution is 0.827. The van der Waals surface area contributed by atoms with Gasteiger partial charge in [0, 0.05) is 52.7 Å². The highest BCUT2D eigenvalue weighted by Crippen LogP contribution is 2.40. The van der Waals surface area contributed by atoms with Gasteiger partial charge in [-0.1, -0.05) is 48.5 Å². The number of fused-ring (bicyclic) bond motifs is 5. The second kappa shape index (κ2) is 7.02. The Labute approximate surface area is 183 Å². The summed E-state index contributed by atoms with van der Waals surface area (Å²) in [5, 5.41) is 2.68. The van der Waals surface area contributed by atoms with E-state index in [9.17, 15) is 0 Å². The highest BCUT2D eigenvalue weighted by atomic mass is 15.1. The van der Waals surface area contributed by atoms with E-state index < -0.39 is 0 Å². The van der Waals surface area contributed by atoms with E-state index in [2.05, 4.69) is 108 Å². The lowest BCUT2D eigenvalue weighted by Crippen LogP contribution is -2.22. The molecule has 4 aromatic carbocycles. The highest BCUT2D eigenvalue weighted by Gasteiger charge is 2.21. The molecule has 1 aromatic heterocycles. The number of para-hydroxylation sites is 2. The van der Waals surface area contributed by atoms with Gasteiger partial charge in [0.2, 0.25) is 0 Å². The third-order valence-electron chi connectivity index (χ3n) is 6.77. The molecule has 2 nitrogen and oxygen atoms in total. The molecule has 0 unspecified atom stereocenters. The number of rotatable bonds is 3. The molecule has 0 spiro atoms. The van der Waals surface area contributed by atoms with E-state index in [0.29, 0.717) is 0 Å². The Morgan fingerprint density at radius 3 is 2.19 bits per heavy atom. The van der Waals surface area contributed by atoms with Crippen LogP contribution in [0.25, 0.3) is 32.9 Å². The minimum Gasteiger partial charge on any atom is -0.341 e. The van der Waals surface area contributed by atoms with Crippen LogP contribution in [0, 0.1) is 0 Å². The first-order chi connectivity index (χ1) is 15.3. The summed E-state index contributed by atoms with van der Waals surface area (Å²) in [5.74, 6) is 0. The molecule has 2 heterocycles. The Bertz CT molecular complexity index is 1440. The number of hydrogen-bond donors (Lipinski definition) is 0. The first kappa shape index (κ1) is 18.3. The smallest absolute Gasteiger partial charge is 0.0491 e. The molecule has 5 aromatic rings. The number of anilines is 2. The van der Waals surface area contributed by atoms with Crippen LogP contribution in [0.4, 0.5) is 11.4 Å². The van der Waals surface area contributed by atoms with Crippen LogP contribution in [-0.4, -0.2) is 11.1 Å². The van der Waals surface area contributed by atoms with Gasteiger partial charge in [-0.15, -0.1) is 0 Å². The van der Waals surface area contributed by atoms with E-state index >= 15 is 0 Å². The molecule has 1 aliphatic rings. The Morgan fingerprint density at radius 1 is 0.613 bits per heavy atom. The van der Waals surface area contributed by atoms with Gasteiger partial charge in [-0.3, -0.25) is 0 Å². The topological polar surface area (TPSA) is 8.17 Å². The van der Waals surface area contributed by atoms with Gasteiger partial charge in [0.25, 0.3) is 0 Å². The number of aromatic nitrogens is 1. The molecule has 0 aliphatic carbocycles. The molecule has 0 saturated heterocycles. The van der Waals surface area contributed by atoms with Crippen molar-refractivity contribution in [3.63, 3.8) is 0 Å². The summed E-state index contributed by atoms with van der Waals surface area (Å²) in [5.41, 5.74) is 10.7. The summed E-state index contributed by atoms with van der Waals surface area (Å²) in [6.07, 6.45) is 0.993. The first-order valence-corrected chi connectivity index (χ1v) is 11.3. The van der Waals surface area contributed by atoms with Crippen molar-refractivity contribution in [2.45, 2.75) is 26.8 Å². The average Bonchev–Trinajstić information content (AvgIpc) is 3.15. The molecular formula is C29H26N2. The molecule has 0 saturated carbocycles. The minimum absolute atomic E-state index is 0.978. The molecule has 6 rings (SSSR count). The summed E-state index contributed by atoms with van der Waals surface area (Å²) in [6, 6.07) is 31.5. The molecule has 1 aliphatic heterocycles. The van der Waals surface area contributed by atoms with Gasteiger partial charge in [-0.2, -0.15) is 0 Å². The predicted octanol–water partition coefficient (Wildman–Crippen LogP) is 7.54. The van der Waals surface area contributed by atoms with Crippen molar-refractivity contribution in [1.29, 1.82) is 0 Å². The summed E-state index contributed by atoms with van der Waals surface area (Å²) in [6.45, 7) is 6.41. The largest absolute Gasteiger partial charge is 0.341 e. The van der Waals surface area contributed by atoms with Crippen molar-refractivity contribution in [3.05, 3.63) is 96.1 Å². The van der Waals surface area contributed by atoms with E-state index in [1.54, 1.807) is 0 Å². The number of benzene rings is 4. The zero-order chi connectivity index (χ0) is 20.9. The fourth-order valence-electron chi connectivity index (χ4n) is 5.34. The fraction of sp³-hybridized carbons (Fsp3) is 0.172. The zero-order valence-corrected chi connectivity index (χ0v) is 18.1. The molecule has 2 heteroatoms. The van der Waals surface area contributed by atoms with E-state index in [4.69, 9.17) is 0 Å². The molecule has 0 N–H and O–H groups in total. The molecule has 0 radical (unpaired) electrons. The normalized spacial score (nSPS) is 12.9. The minimum atomic E-state index is 0.978. The Balaban J connectivity index is 1.50. The third-order valence-corrected chi connectivity index (χ3v) is 6.77. The first-order valence-electron chi connectivity index (χ1n) is 11.3. The molecule has 0 atom stereocenters. The van der Waals surface area contributed by atoms with Crippen molar-refractivity contribution in [3.8, 4) is 11.1 Å². The van der Waals surface area contributed by atoms with Crippen LogP contribution in [0.1, 0.15) is 25.0 Å². The van der Waals surface area contributed by atoms with Crippen LogP contribution in [0.2, 0.25) is 0 Å². The van der Waals surface area contributed by atoms with Gasteiger partial charge in [-0.25, -0.2) is 0 Å². The van der Waals surface area contributed by atoms with Crippen molar-refractivity contribution < 1.29 is 0 Å². The molecule has 31 heavy (non-hydrogen) atoms. The SMILES string of the molecule is CCN1c2ccccc2Cc2cc(-c3ccc4c(c3)c3ccccc3n4CC)ccc21. The second-order valence-corrected chi connectivity index (χ2v) is 8.39. The van der Waals surface area contributed by atoms with Gasteiger partial charge < -0.3 is 9.47 Å². The average molecular weight is 403 g/mol. The summed E-state index contributed by atoms with van der Waals surface area (Å²) in [7, 11) is 0. The third kappa shape index (κ3) is 2.71. The molecule has 0 bridgehead atoms. The molecule has 152 valence electrons. The lowest BCUT2D eigenvalue weighted by atomic mass is 9.92.